The third-order valence-corrected chi connectivity index (χ3v) is 13.4. The highest BCUT2D eigenvalue weighted by Crippen LogP contribution is 2.42. The molecule has 0 spiro atoms. The maximum absolute atomic E-state index is 2.40. The molecule has 344 valence electrons. The fourth-order valence-corrected chi connectivity index (χ4v) is 9.35. The van der Waals surface area contributed by atoms with E-state index in [1.54, 1.807) is 0 Å². The molecule has 0 fully saturated rings. The number of hydrogen-bond donors (Lipinski definition) is 0. The summed E-state index contributed by atoms with van der Waals surface area (Å²) < 4.78 is 0. The van der Waals surface area contributed by atoms with Crippen LogP contribution in [0.5, 0.6) is 0 Å². The van der Waals surface area contributed by atoms with Crippen molar-refractivity contribution in [2.75, 3.05) is 19.6 Å². The Bertz CT molecular complexity index is 3130. The van der Waals surface area contributed by atoms with Crippen LogP contribution < -0.4 is 19.6 Å². The minimum atomic E-state index is 0.249. The molecule has 1 aliphatic rings. The molecule has 70 heavy (non-hydrogen) atoms. The predicted octanol–water partition coefficient (Wildman–Crippen LogP) is 18.7. The lowest BCUT2D eigenvalue weighted by Gasteiger charge is -2.31. The van der Waals surface area contributed by atoms with Gasteiger partial charge in [-0.25, -0.2) is 0 Å². The first-order chi connectivity index (χ1) is 34.1. The van der Waals surface area contributed by atoms with Gasteiger partial charge in [-0.3, -0.25) is 0 Å². The van der Waals surface area contributed by atoms with E-state index >= 15 is 0 Å². The van der Waals surface area contributed by atoms with Crippen LogP contribution in [-0.2, 0) is 0 Å². The van der Waals surface area contributed by atoms with Crippen molar-refractivity contribution >= 4 is 62.6 Å². The zero-order chi connectivity index (χ0) is 48.1. The number of benzene rings is 9. The van der Waals surface area contributed by atoms with Crippen molar-refractivity contribution in [1.29, 1.82) is 0 Å². The van der Waals surface area contributed by atoms with E-state index in [1.807, 2.05) is 0 Å². The summed E-state index contributed by atoms with van der Waals surface area (Å²) in [4.78, 5) is 9.40. The van der Waals surface area contributed by atoms with E-state index in [-0.39, 0.29) is 5.92 Å². The summed E-state index contributed by atoms with van der Waals surface area (Å²) in [5.74, 6) is 0.249. The van der Waals surface area contributed by atoms with E-state index in [9.17, 15) is 0 Å². The van der Waals surface area contributed by atoms with Gasteiger partial charge in [-0.1, -0.05) is 130 Å². The number of allylic oxidation sites excluding steroid dienone is 3. The van der Waals surface area contributed by atoms with Gasteiger partial charge in [0.05, 0.1) is 0 Å². The largest absolute Gasteiger partial charge is 0.311 e. The Morgan fingerprint density at radius 2 is 0.457 bits per heavy atom. The van der Waals surface area contributed by atoms with Crippen molar-refractivity contribution in [3.05, 3.63) is 281 Å². The van der Waals surface area contributed by atoms with Gasteiger partial charge >= 0.3 is 0 Å². The molecule has 0 heterocycles. The van der Waals surface area contributed by atoms with Crippen LogP contribution in [0.15, 0.2) is 242 Å². The van der Waals surface area contributed by atoms with Crippen molar-refractivity contribution < 1.29 is 0 Å². The topological polar surface area (TPSA) is 13.0 Å². The number of anilines is 11. The molecule has 9 aromatic carbocycles. The fraction of sp³-hybridized carbons (Fsp3) is 0.121. The number of aryl methyl sites for hydroxylation is 6. The Hall–Kier alpha value is -8.34. The van der Waals surface area contributed by atoms with Crippen molar-refractivity contribution in [1.82, 2.24) is 0 Å². The van der Waals surface area contributed by atoms with Crippen LogP contribution in [0.1, 0.15) is 51.3 Å². The molecule has 0 amide bonds. The van der Waals surface area contributed by atoms with Crippen LogP contribution in [0.3, 0.4) is 0 Å². The molecule has 0 bridgehead atoms. The van der Waals surface area contributed by atoms with Crippen molar-refractivity contribution in [3.63, 3.8) is 0 Å². The lowest BCUT2D eigenvalue weighted by Crippen LogP contribution is -2.17. The Kier molecular flexibility index (Phi) is 13.0. The highest BCUT2D eigenvalue weighted by atomic mass is 15.2. The van der Waals surface area contributed by atoms with Crippen LogP contribution in [-0.4, -0.2) is 0 Å². The van der Waals surface area contributed by atoms with E-state index in [0.29, 0.717) is 0 Å². The number of hydrogen-bond acceptors (Lipinski definition) is 4. The summed E-state index contributed by atoms with van der Waals surface area (Å²) in [5.41, 5.74) is 22.2. The third-order valence-electron chi connectivity index (χ3n) is 13.4. The minimum absolute atomic E-state index is 0.249. The Balaban J connectivity index is 0.918. The molecule has 1 aliphatic carbocycles. The first-order valence-electron chi connectivity index (χ1n) is 24.4. The zero-order valence-electron chi connectivity index (χ0n) is 41.1. The van der Waals surface area contributed by atoms with Crippen LogP contribution >= 0.6 is 0 Å². The van der Waals surface area contributed by atoms with Crippen LogP contribution in [0.2, 0.25) is 0 Å². The lowest BCUT2D eigenvalue weighted by molar-refractivity contribution is 0.840. The molecule has 0 aliphatic heterocycles. The molecule has 0 N–H and O–H groups in total. The van der Waals surface area contributed by atoms with E-state index in [0.717, 1.165) is 74.7 Å². The van der Waals surface area contributed by atoms with Gasteiger partial charge in [0.15, 0.2) is 0 Å². The first kappa shape index (κ1) is 45.4. The molecule has 0 aromatic heterocycles. The number of nitrogens with zero attached hydrogens (tertiary/aromatic N) is 4. The highest BCUT2D eigenvalue weighted by molar-refractivity contribution is 5.82. The third kappa shape index (κ3) is 9.95. The van der Waals surface area contributed by atoms with Gasteiger partial charge in [0.2, 0.25) is 0 Å². The highest BCUT2D eigenvalue weighted by Gasteiger charge is 2.21. The van der Waals surface area contributed by atoms with E-state index < -0.39 is 0 Å². The molecule has 4 nitrogen and oxygen atoms in total. The van der Waals surface area contributed by atoms with Crippen LogP contribution in [0.25, 0.3) is 0 Å². The quantitative estimate of drug-likeness (QED) is 0.114. The van der Waals surface area contributed by atoms with Gasteiger partial charge in [-0.15, -0.1) is 0 Å². The summed E-state index contributed by atoms with van der Waals surface area (Å²) in [7, 11) is 0. The summed E-state index contributed by atoms with van der Waals surface area (Å²) in [5, 5.41) is 0. The molecule has 10 rings (SSSR count). The first-order valence-corrected chi connectivity index (χ1v) is 24.4. The van der Waals surface area contributed by atoms with Crippen LogP contribution in [0, 0.1) is 41.5 Å². The van der Waals surface area contributed by atoms with E-state index in [4.69, 9.17) is 0 Å². The van der Waals surface area contributed by atoms with Crippen LogP contribution in [0.4, 0.5) is 62.6 Å². The SMILES string of the molecule is Cc1ccc(N(C2=CCC(c3ccc(N(c4ccc(C)cc4)c4ccc(N(c5ccc(C)cc5)c5ccc(C)cc5)cc4)cc3)C=C2)c2ccc(N(c3ccc(C)cc3)c3ccc(C)cc3)cc2)cc1. The maximum Gasteiger partial charge on any atom is 0.0463 e. The zero-order valence-corrected chi connectivity index (χ0v) is 41.1. The van der Waals surface area contributed by atoms with Gasteiger partial charge in [-0.05, 0) is 193 Å². The number of rotatable bonds is 13. The van der Waals surface area contributed by atoms with Gasteiger partial charge in [0.25, 0.3) is 0 Å². The van der Waals surface area contributed by atoms with Gasteiger partial charge < -0.3 is 19.6 Å². The molecule has 1 unspecified atom stereocenters. The fourth-order valence-electron chi connectivity index (χ4n) is 9.35. The molecule has 4 heteroatoms. The molecule has 0 saturated carbocycles. The second kappa shape index (κ2) is 20.1. The second-order valence-electron chi connectivity index (χ2n) is 18.8. The normalized spacial score (nSPS) is 13.1. The standard InChI is InChI=1S/C66H60N4/c1-47-7-23-55(24-8-47)67(56-25-9-48(2)10-26-56)63-39-43-65(44-40-63)69(59-31-15-51(5)16-32-59)61-35-19-53(20-36-61)54-21-37-62(38-22-54)70(60-33-17-52(6)18-34-60)66-45-41-64(42-46-66)68(57-27-11-49(3)12-28-57)58-29-13-50(4)14-30-58/h7-21,23-46,54H,22H2,1-6H3. The van der Waals surface area contributed by atoms with Gasteiger partial charge in [0, 0.05) is 74.2 Å². The maximum atomic E-state index is 2.40. The predicted molar refractivity (Wildman–Crippen MR) is 299 cm³/mol. The van der Waals surface area contributed by atoms with Crippen molar-refractivity contribution in [2.45, 2.75) is 53.9 Å². The van der Waals surface area contributed by atoms with E-state index in [1.165, 1.54) is 38.9 Å². The molecule has 0 saturated heterocycles. The van der Waals surface area contributed by atoms with E-state index in [2.05, 4.69) is 298 Å². The summed E-state index contributed by atoms with van der Waals surface area (Å²) in [6, 6.07) is 79.9. The van der Waals surface area contributed by atoms with Crippen molar-refractivity contribution in [2.24, 2.45) is 0 Å². The van der Waals surface area contributed by atoms with Gasteiger partial charge in [-0.2, -0.15) is 0 Å². The average Bonchev–Trinajstić information content (AvgIpc) is 3.39. The molecular weight excluding hydrogens is 849 g/mol. The lowest BCUT2D eigenvalue weighted by atomic mass is 9.91. The molecule has 9 aromatic rings. The Morgan fingerprint density at radius 1 is 0.257 bits per heavy atom. The molecule has 0 radical (unpaired) electrons. The minimum Gasteiger partial charge on any atom is -0.311 e. The Labute approximate surface area is 415 Å². The average molecular weight is 909 g/mol. The summed E-state index contributed by atoms with van der Waals surface area (Å²) in [6.07, 6.45) is 7.97. The molecule has 1 atom stereocenters. The van der Waals surface area contributed by atoms with Crippen molar-refractivity contribution in [3.8, 4) is 0 Å². The molecular formula is C66H60N4. The monoisotopic (exact) mass is 908 g/mol. The summed E-state index contributed by atoms with van der Waals surface area (Å²) >= 11 is 0. The Morgan fingerprint density at radius 3 is 0.671 bits per heavy atom. The summed E-state index contributed by atoms with van der Waals surface area (Å²) in [6.45, 7) is 12.8. The second-order valence-corrected chi connectivity index (χ2v) is 18.8. The van der Waals surface area contributed by atoms with Gasteiger partial charge in [0.1, 0.15) is 0 Å². The smallest absolute Gasteiger partial charge is 0.0463 e.